The zero-order valence-electron chi connectivity index (χ0n) is 8.90. The van der Waals surface area contributed by atoms with E-state index in [1.807, 2.05) is 12.2 Å². The van der Waals surface area contributed by atoms with Gasteiger partial charge in [-0.05, 0) is 19.3 Å². The van der Waals surface area contributed by atoms with Gasteiger partial charge in [0.1, 0.15) is 6.17 Å². The van der Waals surface area contributed by atoms with E-state index in [2.05, 4.69) is 17.1 Å². The molecule has 84 valence electrons. The van der Waals surface area contributed by atoms with E-state index >= 15 is 0 Å². The molecular formula is C12H18FNO. The van der Waals surface area contributed by atoms with E-state index in [0.29, 0.717) is 19.4 Å². The van der Waals surface area contributed by atoms with Crippen molar-refractivity contribution < 1.29 is 9.50 Å². The zero-order chi connectivity index (χ0) is 10.7. The second kappa shape index (κ2) is 4.45. The quantitative estimate of drug-likeness (QED) is 0.767. The monoisotopic (exact) mass is 211 g/mol. The van der Waals surface area contributed by atoms with Crippen LogP contribution in [-0.4, -0.2) is 41.4 Å². The van der Waals surface area contributed by atoms with Crippen LogP contribution in [0.15, 0.2) is 24.3 Å². The SMILES string of the molecule is OCC[C@]1(N2CC[C@H](F)C2)C=CC=CC1. The molecule has 1 fully saturated rings. The summed E-state index contributed by atoms with van der Waals surface area (Å²) in [5.41, 5.74) is -0.135. The summed E-state index contributed by atoms with van der Waals surface area (Å²) in [6.45, 7) is 1.48. The molecule has 0 aromatic heterocycles. The molecule has 2 rings (SSSR count). The molecular weight excluding hydrogens is 193 g/mol. The van der Waals surface area contributed by atoms with Gasteiger partial charge in [-0.25, -0.2) is 4.39 Å². The summed E-state index contributed by atoms with van der Waals surface area (Å²) in [7, 11) is 0. The minimum atomic E-state index is -0.695. The Labute approximate surface area is 90.1 Å². The van der Waals surface area contributed by atoms with E-state index in [-0.39, 0.29) is 12.1 Å². The smallest absolute Gasteiger partial charge is 0.114 e. The fraction of sp³-hybridized carbons (Fsp3) is 0.667. The number of aliphatic hydroxyl groups is 1. The van der Waals surface area contributed by atoms with Crippen LogP contribution >= 0.6 is 0 Å². The Morgan fingerprint density at radius 2 is 2.33 bits per heavy atom. The van der Waals surface area contributed by atoms with Crippen molar-refractivity contribution in [2.75, 3.05) is 19.7 Å². The highest BCUT2D eigenvalue weighted by Gasteiger charge is 2.38. The highest BCUT2D eigenvalue weighted by atomic mass is 19.1. The predicted molar refractivity (Wildman–Crippen MR) is 58.4 cm³/mol. The molecule has 1 saturated heterocycles. The lowest BCUT2D eigenvalue weighted by molar-refractivity contribution is 0.117. The Hall–Kier alpha value is -0.670. The molecule has 0 saturated carbocycles. The van der Waals surface area contributed by atoms with Crippen molar-refractivity contribution in [1.29, 1.82) is 0 Å². The number of hydrogen-bond acceptors (Lipinski definition) is 2. The van der Waals surface area contributed by atoms with E-state index in [4.69, 9.17) is 5.11 Å². The van der Waals surface area contributed by atoms with Crippen LogP contribution in [-0.2, 0) is 0 Å². The van der Waals surface area contributed by atoms with Gasteiger partial charge in [-0.1, -0.05) is 24.3 Å². The summed E-state index contributed by atoms with van der Waals surface area (Å²) in [6, 6.07) is 0. The molecule has 15 heavy (non-hydrogen) atoms. The number of aliphatic hydroxyl groups excluding tert-OH is 1. The summed E-state index contributed by atoms with van der Waals surface area (Å²) in [4.78, 5) is 2.17. The third-order valence-electron chi connectivity index (χ3n) is 3.43. The predicted octanol–water partition coefficient (Wildman–Crippen LogP) is 1.67. The number of hydrogen-bond donors (Lipinski definition) is 1. The molecule has 2 aliphatic rings. The lowest BCUT2D eigenvalue weighted by Gasteiger charge is -2.40. The van der Waals surface area contributed by atoms with Crippen molar-refractivity contribution in [3.8, 4) is 0 Å². The molecule has 1 heterocycles. The molecule has 0 spiro atoms. The second-order valence-electron chi connectivity index (χ2n) is 4.40. The van der Waals surface area contributed by atoms with Crippen LogP contribution in [0.4, 0.5) is 4.39 Å². The fourth-order valence-electron chi connectivity index (χ4n) is 2.55. The van der Waals surface area contributed by atoms with Gasteiger partial charge in [0.2, 0.25) is 0 Å². The van der Waals surface area contributed by atoms with Gasteiger partial charge in [0.05, 0.1) is 0 Å². The van der Waals surface area contributed by atoms with Crippen LogP contribution in [0.5, 0.6) is 0 Å². The van der Waals surface area contributed by atoms with Gasteiger partial charge in [0.25, 0.3) is 0 Å². The lowest BCUT2D eigenvalue weighted by atomic mass is 9.86. The molecule has 0 bridgehead atoms. The number of nitrogens with zero attached hydrogens (tertiary/aromatic N) is 1. The topological polar surface area (TPSA) is 23.5 Å². The molecule has 0 aromatic rings. The first-order chi connectivity index (χ1) is 7.27. The third-order valence-corrected chi connectivity index (χ3v) is 3.43. The first kappa shape index (κ1) is 10.8. The van der Waals surface area contributed by atoms with Crippen molar-refractivity contribution in [2.45, 2.75) is 31.0 Å². The van der Waals surface area contributed by atoms with Crippen molar-refractivity contribution in [3.63, 3.8) is 0 Å². The van der Waals surface area contributed by atoms with Crippen LogP contribution in [0.25, 0.3) is 0 Å². The van der Waals surface area contributed by atoms with Crippen LogP contribution in [0.3, 0.4) is 0 Å². The molecule has 0 aromatic carbocycles. The van der Waals surface area contributed by atoms with Gasteiger partial charge in [0.15, 0.2) is 0 Å². The van der Waals surface area contributed by atoms with Crippen LogP contribution in [0.2, 0.25) is 0 Å². The van der Waals surface area contributed by atoms with Crippen molar-refractivity contribution in [2.24, 2.45) is 0 Å². The van der Waals surface area contributed by atoms with E-state index < -0.39 is 6.17 Å². The van der Waals surface area contributed by atoms with E-state index in [1.165, 1.54) is 0 Å². The molecule has 1 aliphatic carbocycles. The summed E-state index contributed by atoms with van der Waals surface area (Å²) >= 11 is 0. The molecule has 2 atom stereocenters. The molecule has 2 nitrogen and oxygen atoms in total. The third kappa shape index (κ3) is 2.13. The Balaban J connectivity index is 2.12. The molecule has 0 radical (unpaired) electrons. The molecule has 0 amide bonds. The van der Waals surface area contributed by atoms with E-state index in [0.717, 1.165) is 13.0 Å². The van der Waals surface area contributed by atoms with Gasteiger partial charge in [-0.15, -0.1) is 0 Å². The average Bonchev–Trinajstić information content (AvgIpc) is 2.67. The minimum absolute atomic E-state index is 0.135. The van der Waals surface area contributed by atoms with Gasteiger partial charge in [0, 0.05) is 25.2 Å². The largest absolute Gasteiger partial charge is 0.396 e. The van der Waals surface area contributed by atoms with Crippen LogP contribution in [0.1, 0.15) is 19.3 Å². The Bertz CT molecular complexity index is 277. The summed E-state index contributed by atoms with van der Waals surface area (Å²) in [5.74, 6) is 0. The molecule has 0 unspecified atom stereocenters. The molecule has 1 aliphatic heterocycles. The maximum absolute atomic E-state index is 13.2. The standard InChI is InChI=1S/C12H18FNO/c13-11-4-8-14(10-11)12(7-9-15)5-2-1-3-6-12/h1-3,5,11,15H,4,6-10H2/t11-,12-/m0/s1. The van der Waals surface area contributed by atoms with Crippen molar-refractivity contribution >= 4 is 0 Å². The van der Waals surface area contributed by atoms with Crippen molar-refractivity contribution in [1.82, 2.24) is 4.90 Å². The van der Waals surface area contributed by atoms with Gasteiger partial charge in [-0.3, -0.25) is 4.90 Å². The first-order valence-electron chi connectivity index (χ1n) is 5.61. The minimum Gasteiger partial charge on any atom is -0.396 e. The first-order valence-corrected chi connectivity index (χ1v) is 5.61. The van der Waals surface area contributed by atoms with E-state index in [1.54, 1.807) is 0 Å². The maximum Gasteiger partial charge on any atom is 0.114 e. The summed E-state index contributed by atoms with van der Waals surface area (Å²) in [5, 5.41) is 9.13. The number of likely N-dealkylation sites (tertiary alicyclic amines) is 1. The molecule has 1 N–H and O–H groups in total. The highest BCUT2D eigenvalue weighted by molar-refractivity contribution is 5.22. The number of alkyl halides is 1. The Kier molecular flexibility index (Phi) is 3.22. The average molecular weight is 211 g/mol. The van der Waals surface area contributed by atoms with Gasteiger partial charge >= 0.3 is 0 Å². The number of halogens is 1. The number of rotatable bonds is 3. The Morgan fingerprint density at radius 3 is 2.87 bits per heavy atom. The van der Waals surface area contributed by atoms with Crippen LogP contribution < -0.4 is 0 Å². The second-order valence-corrected chi connectivity index (χ2v) is 4.40. The van der Waals surface area contributed by atoms with Gasteiger partial charge in [-0.2, -0.15) is 0 Å². The lowest BCUT2D eigenvalue weighted by Crippen LogP contribution is -2.47. The summed E-state index contributed by atoms with van der Waals surface area (Å²) < 4.78 is 13.2. The van der Waals surface area contributed by atoms with Crippen molar-refractivity contribution in [3.05, 3.63) is 24.3 Å². The Morgan fingerprint density at radius 1 is 1.47 bits per heavy atom. The fourth-order valence-corrected chi connectivity index (χ4v) is 2.55. The summed E-state index contributed by atoms with van der Waals surface area (Å²) in [6.07, 6.45) is 9.74. The normalized spacial score (nSPS) is 36.3. The maximum atomic E-state index is 13.2. The van der Waals surface area contributed by atoms with Crippen LogP contribution in [0, 0.1) is 0 Å². The highest BCUT2D eigenvalue weighted by Crippen LogP contribution is 2.32. The number of allylic oxidation sites excluding steroid dienone is 2. The van der Waals surface area contributed by atoms with E-state index in [9.17, 15) is 4.39 Å². The van der Waals surface area contributed by atoms with Gasteiger partial charge < -0.3 is 5.11 Å². The zero-order valence-corrected chi connectivity index (χ0v) is 8.90. The molecule has 3 heteroatoms.